The lowest BCUT2D eigenvalue weighted by Crippen LogP contribution is -2.33. The molecule has 0 saturated carbocycles. The van der Waals surface area contributed by atoms with Gasteiger partial charge < -0.3 is 0 Å². The number of hydrogen-bond acceptors (Lipinski definition) is 1. The second-order valence-electron chi connectivity index (χ2n) is 4.05. The molecule has 0 fully saturated rings. The van der Waals surface area contributed by atoms with Crippen molar-refractivity contribution in [3.63, 3.8) is 0 Å². The van der Waals surface area contributed by atoms with E-state index >= 15 is 0 Å². The van der Waals surface area contributed by atoms with Crippen molar-refractivity contribution in [3.05, 3.63) is 11.6 Å². The Labute approximate surface area is 78.8 Å². The van der Waals surface area contributed by atoms with Gasteiger partial charge in [-0.3, -0.25) is 4.79 Å². The Morgan fingerprint density at radius 1 is 1.75 bits per heavy atom. The van der Waals surface area contributed by atoms with Crippen LogP contribution in [0.25, 0.3) is 0 Å². The zero-order valence-corrected chi connectivity index (χ0v) is 8.61. The SMILES string of the molecule is CC1=CCC(C)(C(=O)Cl)C(C)C1. The molecule has 2 unspecified atom stereocenters. The van der Waals surface area contributed by atoms with E-state index in [0.29, 0.717) is 5.92 Å². The van der Waals surface area contributed by atoms with Crippen molar-refractivity contribution in [1.29, 1.82) is 0 Å². The van der Waals surface area contributed by atoms with E-state index in [1.165, 1.54) is 5.57 Å². The minimum atomic E-state index is -0.332. The Balaban J connectivity index is 2.88. The van der Waals surface area contributed by atoms with Crippen LogP contribution < -0.4 is 0 Å². The Hall–Kier alpha value is -0.300. The van der Waals surface area contributed by atoms with Crippen molar-refractivity contribution in [3.8, 4) is 0 Å². The molecular weight excluding hydrogens is 172 g/mol. The van der Waals surface area contributed by atoms with Crippen LogP contribution in [0.2, 0.25) is 0 Å². The Kier molecular flexibility index (Phi) is 2.62. The van der Waals surface area contributed by atoms with Crippen molar-refractivity contribution >= 4 is 16.8 Å². The molecule has 0 bridgehead atoms. The predicted octanol–water partition coefficient (Wildman–Crippen LogP) is 3.13. The van der Waals surface area contributed by atoms with Crippen LogP contribution in [-0.2, 0) is 4.79 Å². The molecule has 1 rings (SSSR count). The zero-order chi connectivity index (χ0) is 9.35. The van der Waals surface area contributed by atoms with Crippen molar-refractivity contribution < 1.29 is 4.79 Å². The van der Waals surface area contributed by atoms with E-state index in [9.17, 15) is 4.79 Å². The number of allylic oxidation sites excluding steroid dienone is 2. The summed E-state index contributed by atoms with van der Waals surface area (Å²) in [6.45, 7) is 6.15. The van der Waals surface area contributed by atoms with Gasteiger partial charge in [0.25, 0.3) is 0 Å². The maximum absolute atomic E-state index is 11.2. The number of carbonyl (C=O) groups excluding carboxylic acids is 1. The molecule has 0 spiro atoms. The van der Waals surface area contributed by atoms with Gasteiger partial charge in [-0.25, -0.2) is 0 Å². The second kappa shape index (κ2) is 3.21. The lowest BCUT2D eigenvalue weighted by Gasteiger charge is -2.35. The van der Waals surface area contributed by atoms with Gasteiger partial charge in [0.15, 0.2) is 0 Å². The van der Waals surface area contributed by atoms with E-state index in [1.807, 2.05) is 6.92 Å². The number of carbonyl (C=O) groups is 1. The number of halogens is 1. The molecule has 0 aromatic heterocycles. The molecule has 0 N–H and O–H groups in total. The van der Waals surface area contributed by atoms with Gasteiger partial charge in [0, 0.05) is 5.41 Å². The molecule has 0 amide bonds. The normalized spacial score (nSPS) is 36.0. The van der Waals surface area contributed by atoms with E-state index in [-0.39, 0.29) is 10.7 Å². The molecule has 0 aromatic rings. The largest absolute Gasteiger partial charge is 0.281 e. The highest BCUT2D eigenvalue weighted by Crippen LogP contribution is 2.41. The summed E-state index contributed by atoms with van der Waals surface area (Å²) in [5.41, 5.74) is 1.04. The van der Waals surface area contributed by atoms with Crippen LogP contribution in [0.3, 0.4) is 0 Å². The van der Waals surface area contributed by atoms with Gasteiger partial charge in [0.2, 0.25) is 5.24 Å². The fourth-order valence-corrected chi connectivity index (χ4v) is 1.92. The lowest BCUT2D eigenvalue weighted by atomic mass is 9.70. The van der Waals surface area contributed by atoms with Gasteiger partial charge in [-0.05, 0) is 37.3 Å². The fraction of sp³-hybridized carbons (Fsp3) is 0.700. The minimum Gasteiger partial charge on any atom is -0.281 e. The molecule has 12 heavy (non-hydrogen) atoms. The summed E-state index contributed by atoms with van der Waals surface area (Å²) in [6, 6.07) is 0. The molecule has 2 heteroatoms. The fourth-order valence-electron chi connectivity index (χ4n) is 1.65. The summed E-state index contributed by atoms with van der Waals surface area (Å²) in [7, 11) is 0. The first-order chi connectivity index (χ1) is 5.47. The quantitative estimate of drug-likeness (QED) is 0.454. The summed E-state index contributed by atoms with van der Waals surface area (Å²) < 4.78 is 0. The third-order valence-corrected chi connectivity index (χ3v) is 3.47. The van der Waals surface area contributed by atoms with Crippen LogP contribution in [0.4, 0.5) is 0 Å². The average Bonchev–Trinajstić information content (AvgIpc) is 1.97. The highest BCUT2D eigenvalue weighted by Gasteiger charge is 2.38. The molecule has 1 nitrogen and oxygen atoms in total. The lowest BCUT2D eigenvalue weighted by molar-refractivity contribution is -0.122. The van der Waals surface area contributed by atoms with Crippen molar-refractivity contribution in [2.24, 2.45) is 11.3 Å². The molecule has 0 saturated heterocycles. The van der Waals surface area contributed by atoms with Gasteiger partial charge in [0.05, 0.1) is 0 Å². The van der Waals surface area contributed by atoms with E-state index in [2.05, 4.69) is 19.9 Å². The molecule has 0 heterocycles. The molecule has 68 valence electrons. The molecule has 1 aliphatic carbocycles. The minimum absolute atomic E-state index is 0.196. The average molecular weight is 187 g/mol. The van der Waals surface area contributed by atoms with Gasteiger partial charge in [0.1, 0.15) is 0 Å². The monoisotopic (exact) mass is 186 g/mol. The van der Waals surface area contributed by atoms with Crippen molar-refractivity contribution in [2.45, 2.75) is 33.6 Å². The maximum Gasteiger partial charge on any atom is 0.228 e. The standard InChI is InChI=1S/C10H15ClO/c1-7-4-5-10(3,9(11)12)8(2)6-7/h4,8H,5-6H2,1-3H3. The third-order valence-electron chi connectivity index (χ3n) is 3.04. The highest BCUT2D eigenvalue weighted by molar-refractivity contribution is 6.64. The van der Waals surface area contributed by atoms with Gasteiger partial charge in [-0.1, -0.05) is 25.5 Å². The van der Waals surface area contributed by atoms with Gasteiger partial charge >= 0.3 is 0 Å². The third kappa shape index (κ3) is 1.56. The zero-order valence-electron chi connectivity index (χ0n) is 7.86. The smallest absolute Gasteiger partial charge is 0.228 e. The van der Waals surface area contributed by atoms with Crippen LogP contribution in [-0.4, -0.2) is 5.24 Å². The summed E-state index contributed by atoms with van der Waals surface area (Å²) in [6.07, 6.45) is 3.91. The van der Waals surface area contributed by atoms with Crippen LogP contribution >= 0.6 is 11.6 Å². The molecule has 0 aromatic carbocycles. The summed E-state index contributed by atoms with van der Waals surface area (Å²) in [4.78, 5) is 11.2. The maximum atomic E-state index is 11.2. The topological polar surface area (TPSA) is 17.1 Å². The van der Waals surface area contributed by atoms with E-state index in [1.54, 1.807) is 0 Å². The number of rotatable bonds is 1. The highest BCUT2D eigenvalue weighted by atomic mass is 35.5. The summed E-state index contributed by atoms with van der Waals surface area (Å²) >= 11 is 5.57. The summed E-state index contributed by atoms with van der Waals surface area (Å²) in [5.74, 6) is 0.368. The van der Waals surface area contributed by atoms with E-state index in [0.717, 1.165) is 12.8 Å². The van der Waals surface area contributed by atoms with Crippen LogP contribution in [0.15, 0.2) is 11.6 Å². The molecule has 2 atom stereocenters. The van der Waals surface area contributed by atoms with Gasteiger partial charge in [-0.2, -0.15) is 0 Å². The molecule has 0 aliphatic heterocycles. The van der Waals surface area contributed by atoms with Gasteiger partial charge in [-0.15, -0.1) is 0 Å². The Morgan fingerprint density at radius 2 is 2.33 bits per heavy atom. The first kappa shape index (κ1) is 9.79. The van der Waals surface area contributed by atoms with Crippen LogP contribution in [0, 0.1) is 11.3 Å². The van der Waals surface area contributed by atoms with Crippen LogP contribution in [0.1, 0.15) is 33.6 Å². The second-order valence-corrected chi connectivity index (χ2v) is 4.39. The molecule has 1 aliphatic rings. The first-order valence-electron chi connectivity index (χ1n) is 4.32. The van der Waals surface area contributed by atoms with E-state index < -0.39 is 0 Å². The van der Waals surface area contributed by atoms with Crippen molar-refractivity contribution in [2.75, 3.05) is 0 Å². The Bertz CT molecular complexity index is 232. The van der Waals surface area contributed by atoms with E-state index in [4.69, 9.17) is 11.6 Å². The first-order valence-corrected chi connectivity index (χ1v) is 4.70. The summed E-state index contributed by atoms with van der Waals surface area (Å²) in [5, 5.41) is -0.196. The molecular formula is C10H15ClO. The predicted molar refractivity (Wildman–Crippen MR) is 51.1 cm³/mol. The van der Waals surface area contributed by atoms with Crippen LogP contribution in [0.5, 0.6) is 0 Å². The number of hydrogen-bond donors (Lipinski definition) is 0. The Morgan fingerprint density at radius 3 is 2.75 bits per heavy atom. The molecule has 0 radical (unpaired) electrons. The van der Waals surface area contributed by atoms with Crippen molar-refractivity contribution in [1.82, 2.24) is 0 Å².